The van der Waals surface area contributed by atoms with E-state index in [9.17, 15) is 0 Å². The number of hydrogen-bond acceptors (Lipinski definition) is 3. The summed E-state index contributed by atoms with van der Waals surface area (Å²) in [6, 6.07) is 2.53. The first kappa shape index (κ1) is 16.2. The Morgan fingerprint density at radius 1 is 1.26 bits per heavy atom. The first-order valence-corrected chi connectivity index (χ1v) is 7.49. The molecule has 0 bridgehead atoms. The van der Waals surface area contributed by atoms with Crippen LogP contribution in [-0.2, 0) is 11.3 Å². The van der Waals surface area contributed by atoms with Crippen molar-refractivity contribution >= 4 is 0 Å². The Kier molecular flexibility index (Phi) is 6.52. The number of nitrogens with zero attached hydrogens (tertiary/aromatic N) is 2. The normalized spacial score (nSPS) is 12.3. The molecule has 0 saturated heterocycles. The van der Waals surface area contributed by atoms with Gasteiger partial charge in [0.25, 0.3) is 0 Å². The number of ether oxygens (including phenoxy) is 1. The first-order valence-electron chi connectivity index (χ1n) is 7.49. The van der Waals surface area contributed by atoms with Crippen molar-refractivity contribution in [1.82, 2.24) is 9.78 Å². The number of nitrogens with two attached hydrogens (primary N) is 1. The van der Waals surface area contributed by atoms with Crippen LogP contribution in [0.3, 0.4) is 0 Å². The average molecular weight is 267 g/mol. The van der Waals surface area contributed by atoms with E-state index in [-0.39, 0.29) is 5.54 Å². The molecule has 0 saturated carbocycles. The summed E-state index contributed by atoms with van der Waals surface area (Å²) < 4.78 is 7.78. The second-order valence-corrected chi connectivity index (χ2v) is 5.32. The first-order chi connectivity index (χ1) is 9.08. The van der Waals surface area contributed by atoms with Gasteiger partial charge >= 0.3 is 0 Å². The summed E-state index contributed by atoms with van der Waals surface area (Å²) in [6.07, 6.45) is 6.13. The molecule has 4 nitrogen and oxygen atoms in total. The van der Waals surface area contributed by atoms with Crippen LogP contribution in [0.1, 0.15) is 65.1 Å². The topological polar surface area (TPSA) is 53.1 Å². The van der Waals surface area contributed by atoms with Crippen molar-refractivity contribution in [3.8, 4) is 0 Å². The molecule has 0 aromatic carbocycles. The summed E-state index contributed by atoms with van der Waals surface area (Å²) in [7, 11) is 0. The molecular formula is C15H29N3O. The van der Waals surface area contributed by atoms with Crippen LogP contribution in [0.4, 0.5) is 0 Å². The van der Waals surface area contributed by atoms with Crippen molar-refractivity contribution in [2.75, 3.05) is 6.61 Å². The zero-order valence-corrected chi connectivity index (χ0v) is 12.9. The number of aromatic nitrogens is 2. The van der Waals surface area contributed by atoms with Gasteiger partial charge in [0.05, 0.1) is 24.9 Å². The van der Waals surface area contributed by atoms with E-state index in [1.807, 2.05) is 16.9 Å². The quantitative estimate of drug-likeness (QED) is 0.747. The van der Waals surface area contributed by atoms with E-state index in [0.29, 0.717) is 19.3 Å². The maximum absolute atomic E-state index is 6.21. The highest BCUT2D eigenvalue weighted by Crippen LogP contribution is 2.16. The van der Waals surface area contributed by atoms with Crippen molar-refractivity contribution in [2.24, 2.45) is 5.73 Å². The van der Waals surface area contributed by atoms with Crippen LogP contribution in [0.25, 0.3) is 0 Å². The fourth-order valence-electron chi connectivity index (χ4n) is 2.13. The maximum atomic E-state index is 6.21. The predicted octanol–water partition coefficient (Wildman–Crippen LogP) is 3.28. The van der Waals surface area contributed by atoms with Crippen molar-refractivity contribution < 1.29 is 4.74 Å². The predicted molar refractivity (Wildman–Crippen MR) is 79.0 cm³/mol. The maximum Gasteiger partial charge on any atom is 0.0907 e. The highest BCUT2D eigenvalue weighted by Gasteiger charge is 2.20. The summed E-state index contributed by atoms with van der Waals surface area (Å²) in [5, 5.41) is 4.57. The van der Waals surface area contributed by atoms with Gasteiger partial charge in [0, 0.05) is 11.7 Å². The molecule has 1 aromatic heterocycles. The third kappa shape index (κ3) is 4.62. The van der Waals surface area contributed by atoms with Crippen LogP contribution >= 0.6 is 0 Å². The van der Waals surface area contributed by atoms with Gasteiger partial charge in [-0.15, -0.1) is 0 Å². The Bertz CT molecular complexity index is 354. The Balaban J connectivity index is 2.46. The van der Waals surface area contributed by atoms with Gasteiger partial charge in [-0.3, -0.25) is 4.68 Å². The molecule has 1 aromatic rings. The van der Waals surface area contributed by atoms with Gasteiger partial charge in [-0.1, -0.05) is 27.7 Å². The molecule has 0 aliphatic heterocycles. The lowest BCUT2D eigenvalue weighted by Gasteiger charge is -2.25. The molecule has 0 aliphatic carbocycles. The fourth-order valence-corrected chi connectivity index (χ4v) is 2.13. The number of rotatable bonds is 9. The Morgan fingerprint density at radius 3 is 2.42 bits per heavy atom. The van der Waals surface area contributed by atoms with Gasteiger partial charge in [-0.2, -0.15) is 5.10 Å². The van der Waals surface area contributed by atoms with Gasteiger partial charge in [0.15, 0.2) is 0 Å². The Hall–Kier alpha value is -0.870. The molecule has 4 heteroatoms. The molecule has 110 valence electrons. The van der Waals surface area contributed by atoms with Crippen LogP contribution in [0.15, 0.2) is 12.3 Å². The van der Waals surface area contributed by atoms with Gasteiger partial charge in [-0.25, -0.2) is 0 Å². The highest BCUT2D eigenvalue weighted by atomic mass is 16.5. The third-order valence-corrected chi connectivity index (χ3v) is 4.03. The van der Waals surface area contributed by atoms with E-state index in [1.165, 1.54) is 0 Å². The molecule has 0 aliphatic rings. The zero-order chi connectivity index (χ0) is 14.3. The van der Waals surface area contributed by atoms with Crippen molar-refractivity contribution in [3.63, 3.8) is 0 Å². The second-order valence-electron chi connectivity index (χ2n) is 5.32. The summed E-state index contributed by atoms with van der Waals surface area (Å²) in [6.45, 7) is 9.74. The van der Waals surface area contributed by atoms with Crippen molar-refractivity contribution in [1.29, 1.82) is 0 Å². The lowest BCUT2D eigenvalue weighted by molar-refractivity contribution is 0.0673. The van der Waals surface area contributed by atoms with E-state index in [0.717, 1.165) is 31.4 Å². The fraction of sp³-hybridized carbons (Fsp3) is 0.800. The van der Waals surface area contributed by atoms with Gasteiger partial charge < -0.3 is 10.5 Å². The van der Waals surface area contributed by atoms with Gasteiger partial charge in [0.1, 0.15) is 0 Å². The minimum absolute atomic E-state index is 0.196. The average Bonchev–Trinajstić information content (AvgIpc) is 2.89. The minimum Gasteiger partial charge on any atom is -0.373 e. The Labute approximate surface area is 117 Å². The summed E-state index contributed by atoms with van der Waals surface area (Å²) in [5.74, 6) is 0. The molecule has 2 N–H and O–H groups in total. The molecule has 0 fully saturated rings. The van der Waals surface area contributed by atoms with Gasteiger partial charge in [0.2, 0.25) is 0 Å². The van der Waals surface area contributed by atoms with E-state index in [2.05, 4.69) is 32.8 Å². The van der Waals surface area contributed by atoms with Crippen molar-refractivity contribution in [2.45, 2.75) is 71.6 Å². The molecule has 0 atom stereocenters. The van der Waals surface area contributed by atoms with E-state index < -0.39 is 0 Å². The van der Waals surface area contributed by atoms with Crippen molar-refractivity contribution in [3.05, 3.63) is 18.0 Å². The molecule has 19 heavy (non-hydrogen) atoms. The molecule has 1 rings (SSSR count). The van der Waals surface area contributed by atoms with E-state index in [1.54, 1.807) is 0 Å². The van der Waals surface area contributed by atoms with E-state index in [4.69, 9.17) is 10.5 Å². The third-order valence-electron chi connectivity index (χ3n) is 4.03. The second kappa shape index (κ2) is 7.65. The summed E-state index contributed by atoms with van der Waals surface area (Å²) in [4.78, 5) is 0. The minimum atomic E-state index is -0.196. The summed E-state index contributed by atoms with van der Waals surface area (Å²) >= 11 is 0. The molecule has 0 radical (unpaired) electrons. The monoisotopic (exact) mass is 267 g/mol. The van der Waals surface area contributed by atoms with Crippen LogP contribution in [0, 0.1) is 0 Å². The number of hydrogen-bond donors (Lipinski definition) is 1. The standard InChI is InChI=1S/C15H29N3O/c1-5-14(6-2)18-10-9-13(17-18)11-19-12-15(16,7-3)8-4/h9-10,14H,5-8,11-12,16H2,1-4H3. The summed E-state index contributed by atoms with van der Waals surface area (Å²) in [5.41, 5.74) is 7.00. The van der Waals surface area contributed by atoms with E-state index >= 15 is 0 Å². The smallest absolute Gasteiger partial charge is 0.0907 e. The lowest BCUT2D eigenvalue weighted by Crippen LogP contribution is -2.43. The van der Waals surface area contributed by atoms with Crippen LogP contribution in [0.5, 0.6) is 0 Å². The van der Waals surface area contributed by atoms with Crippen LogP contribution in [-0.4, -0.2) is 21.9 Å². The molecular weight excluding hydrogens is 238 g/mol. The Morgan fingerprint density at radius 2 is 1.89 bits per heavy atom. The van der Waals surface area contributed by atoms with Crippen LogP contribution in [0.2, 0.25) is 0 Å². The van der Waals surface area contributed by atoms with Gasteiger partial charge in [-0.05, 0) is 31.7 Å². The molecule has 1 heterocycles. The highest BCUT2D eigenvalue weighted by molar-refractivity contribution is 4.98. The SMILES string of the molecule is CCC(CC)n1ccc(COCC(N)(CC)CC)n1. The lowest BCUT2D eigenvalue weighted by atomic mass is 9.96. The molecule has 0 unspecified atom stereocenters. The zero-order valence-electron chi connectivity index (χ0n) is 12.9. The molecule has 0 amide bonds. The molecule has 0 spiro atoms. The van der Waals surface area contributed by atoms with Crippen LogP contribution < -0.4 is 5.73 Å². The largest absolute Gasteiger partial charge is 0.373 e.